The molecule has 0 saturated carbocycles. The van der Waals surface area contributed by atoms with Gasteiger partial charge >= 0.3 is 0 Å². The number of aryl methyl sites for hydroxylation is 1. The molecule has 1 saturated heterocycles. The third-order valence-corrected chi connectivity index (χ3v) is 8.79. The molecule has 0 bridgehead atoms. The van der Waals surface area contributed by atoms with Gasteiger partial charge in [0.05, 0.1) is 16.0 Å². The Balaban J connectivity index is 1.44. The van der Waals surface area contributed by atoms with E-state index in [1.54, 1.807) is 6.07 Å². The van der Waals surface area contributed by atoms with Crippen molar-refractivity contribution < 1.29 is 13.2 Å². The molecule has 1 fully saturated rings. The van der Waals surface area contributed by atoms with Crippen LogP contribution in [0.5, 0.6) is 0 Å². The highest BCUT2D eigenvalue weighted by Crippen LogP contribution is 2.33. The van der Waals surface area contributed by atoms with Crippen LogP contribution < -0.4 is 5.32 Å². The van der Waals surface area contributed by atoms with E-state index in [4.69, 9.17) is 23.2 Å². The van der Waals surface area contributed by atoms with Crippen molar-refractivity contribution in [3.63, 3.8) is 0 Å². The number of amides is 1. The molecular formula is C22H24Cl2N2O3S. The van der Waals surface area contributed by atoms with Crippen molar-refractivity contribution in [2.24, 2.45) is 5.92 Å². The number of halogens is 2. The number of rotatable bonds is 4. The molecule has 2 aliphatic rings. The molecule has 1 unspecified atom stereocenters. The number of benzene rings is 2. The monoisotopic (exact) mass is 466 g/mol. The van der Waals surface area contributed by atoms with Crippen LogP contribution in [-0.2, 0) is 27.7 Å². The zero-order valence-electron chi connectivity index (χ0n) is 16.5. The Labute approximate surface area is 187 Å². The summed E-state index contributed by atoms with van der Waals surface area (Å²) in [5.41, 5.74) is 2.62. The number of piperidine rings is 1. The summed E-state index contributed by atoms with van der Waals surface area (Å²) in [5, 5.41) is 3.34. The molecule has 1 aliphatic carbocycles. The predicted octanol–water partition coefficient (Wildman–Crippen LogP) is 4.07. The lowest BCUT2D eigenvalue weighted by atomic mass is 9.88. The summed E-state index contributed by atoms with van der Waals surface area (Å²) in [7, 11) is -3.87. The van der Waals surface area contributed by atoms with E-state index in [1.165, 1.54) is 27.6 Å². The molecule has 8 heteroatoms. The maximum absolute atomic E-state index is 13.1. The van der Waals surface area contributed by atoms with E-state index in [9.17, 15) is 13.2 Å². The van der Waals surface area contributed by atoms with Crippen LogP contribution in [0.15, 0.2) is 47.4 Å². The normalized spacial score (nSPS) is 22.3. The van der Waals surface area contributed by atoms with Crippen molar-refractivity contribution in [3.05, 3.63) is 63.6 Å². The summed E-state index contributed by atoms with van der Waals surface area (Å²) < 4.78 is 27.6. The lowest BCUT2D eigenvalue weighted by Gasteiger charge is -2.33. The fourth-order valence-corrected chi connectivity index (χ4v) is 6.99. The Kier molecular flexibility index (Phi) is 6.39. The minimum Gasteiger partial charge on any atom is -0.353 e. The number of hydrogen-bond acceptors (Lipinski definition) is 3. The number of nitrogens with one attached hydrogen (secondary N) is 1. The van der Waals surface area contributed by atoms with Crippen LogP contribution >= 0.6 is 23.2 Å². The average Bonchev–Trinajstić information content (AvgIpc) is 2.73. The van der Waals surface area contributed by atoms with Crippen LogP contribution in [0.3, 0.4) is 0 Å². The predicted molar refractivity (Wildman–Crippen MR) is 118 cm³/mol. The molecule has 0 aromatic heterocycles. The number of hydrogen-bond donors (Lipinski definition) is 1. The van der Waals surface area contributed by atoms with E-state index < -0.39 is 10.0 Å². The Morgan fingerprint density at radius 3 is 2.43 bits per heavy atom. The molecule has 2 aromatic rings. The maximum Gasteiger partial charge on any atom is 0.246 e. The zero-order chi connectivity index (χ0) is 21.3. The van der Waals surface area contributed by atoms with Crippen LogP contribution in [0, 0.1) is 5.92 Å². The van der Waals surface area contributed by atoms with Crippen LogP contribution in [0.2, 0.25) is 10.0 Å². The summed E-state index contributed by atoms with van der Waals surface area (Å²) in [5.74, 6) is -0.462. The molecule has 4 rings (SSSR count). The number of nitrogens with zero attached hydrogens (tertiary/aromatic N) is 1. The van der Waals surface area contributed by atoms with E-state index in [2.05, 4.69) is 17.4 Å². The summed E-state index contributed by atoms with van der Waals surface area (Å²) in [6.45, 7) is 0.490. The quantitative estimate of drug-likeness (QED) is 0.738. The smallest absolute Gasteiger partial charge is 0.246 e. The largest absolute Gasteiger partial charge is 0.353 e. The van der Waals surface area contributed by atoms with Crippen LogP contribution in [-0.4, -0.2) is 37.8 Å². The highest BCUT2D eigenvalue weighted by Gasteiger charge is 2.36. The molecule has 0 radical (unpaired) electrons. The zero-order valence-corrected chi connectivity index (χ0v) is 18.8. The lowest BCUT2D eigenvalue weighted by Crippen LogP contribution is -2.48. The summed E-state index contributed by atoms with van der Waals surface area (Å²) >= 11 is 12.3. The van der Waals surface area contributed by atoms with Gasteiger partial charge < -0.3 is 5.32 Å². The van der Waals surface area contributed by atoms with Crippen LogP contribution in [0.25, 0.3) is 0 Å². The molecule has 1 amide bonds. The van der Waals surface area contributed by atoms with Gasteiger partial charge in [0, 0.05) is 19.1 Å². The van der Waals surface area contributed by atoms with Gasteiger partial charge in [-0.05, 0) is 55.4 Å². The topological polar surface area (TPSA) is 66.5 Å². The van der Waals surface area contributed by atoms with Crippen molar-refractivity contribution >= 4 is 39.1 Å². The number of fused-ring (bicyclic) bond motifs is 1. The second kappa shape index (κ2) is 8.87. The van der Waals surface area contributed by atoms with E-state index in [0.29, 0.717) is 19.4 Å². The number of carbonyl (C=O) groups excluding carboxylic acids is 1. The molecule has 1 aliphatic heterocycles. The standard InChI is InChI=1S/C22H24Cl2N2O3S/c23-19-8-3-9-20(24)21(19)30(28,29)26-12-4-7-17(14-26)22(27)25-18-11-10-15-5-1-2-6-16(15)13-18/h1-3,5-6,8-9,17-18H,4,7,10-14H2,(H,25,27)/t17-,18?/m0/s1. The third kappa shape index (κ3) is 4.37. The Morgan fingerprint density at radius 1 is 1.00 bits per heavy atom. The van der Waals surface area contributed by atoms with Gasteiger partial charge in [0.15, 0.2) is 0 Å². The molecule has 30 heavy (non-hydrogen) atoms. The van der Waals surface area contributed by atoms with Gasteiger partial charge in [-0.25, -0.2) is 8.42 Å². The van der Waals surface area contributed by atoms with Gasteiger partial charge in [-0.2, -0.15) is 4.31 Å². The van der Waals surface area contributed by atoms with Gasteiger partial charge in [0.2, 0.25) is 15.9 Å². The van der Waals surface area contributed by atoms with Gasteiger partial charge in [-0.15, -0.1) is 0 Å². The first kappa shape index (κ1) is 21.6. The van der Waals surface area contributed by atoms with E-state index in [-0.39, 0.29) is 39.4 Å². The molecule has 2 atom stereocenters. The summed E-state index contributed by atoms with van der Waals surface area (Å²) in [4.78, 5) is 12.9. The second-order valence-corrected chi connectivity index (χ2v) is 10.7. The summed E-state index contributed by atoms with van der Waals surface area (Å²) in [6.07, 6.45) is 3.93. The maximum atomic E-state index is 13.1. The first-order valence-corrected chi connectivity index (χ1v) is 12.4. The second-order valence-electron chi connectivity index (χ2n) is 7.97. The molecule has 0 spiro atoms. The fraction of sp³-hybridized carbons (Fsp3) is 0.409. The molecule has 2 aromatic carbocycles. The minimum absolute atomic E-state index is 0.0791. The van der Waals surface area contributed by atoms with Crippen molar-refractivity contribution in [1.82, 2.24) is 9.62 Å². The van der Waals surface area contributed by atoms with Gasteiger partial charge in [0.1, 0.15) is 4.90 Å². The number of sulfonamides is 1. The Hall–Kier alpha value is -1.60. The molecule has 5 nitrogen and oxygen atoms in total. The SMILES string of the molecule is O=C(NC1CCc2ccccc2C1)[C@H]1CCCN(S(=O)(=O)c2c(Cl)cccc2Cl)C1. The highest BCUT2D eigenvalue weighted by atomic mass is 35.5. The van der Waals surface area contributed by atoms with E-state index in [0.717, 1.165) is 19.3 Å². The van der Waals surface area contributed by atoms with Gasteiger partial charge in [-0.3, -0.25) is 4.79 Å². The minimum atomic E-state index is -3.87. The Morgan fingerprint density at radius 2 is 1.70 bits per heavy atom. The average molecular weight is 467 g/mol. The van der Waals surface area contributed by atoms with Crippen molar-refractivity contribution in [2.45, 2.75) is 43.0 Å². The summed E-state index contributed by atoms with van der Waals surface area (Å²) in [6, 6.07) is 13.0. The molecule has 1 N–H and O–H groups in total. The number of carbonyl (C=O) groups is 1. The van der Waals surface area contributed by atoms with Crippen LogP contribution in [0.1, 0.15) is 30.4 Å². The van der Waals surface area contributed by atoms with Crippen molar-refractivity contribution in [2.75, 3.05) is 13.1 Å². The Bertz CT molecular complexity index is 1040. The van der Waals surface area contributed by atoms with Gasteiger partial charge in [0.25, 0.3) is 0 Å². The fourth-order valence-electron chi connectivity index (χ4n) is 4.37. The molecular weight excluding hydrogens is 443 g/mol. The van der Waals surface area contributed by atoms with Crippen molar-refractivity contribution in [1.29, 1.82) is 0 Å². The van der Waals surface area contributed by atoms with Gasteiger partial charge in [-0.1, -0.05) is 53.5 Å². The van der Waals surface area contributed by atoms with Crippen LogP contribution in [0.4, 0.5) is 0 Å². The first-order valence-electron chi connectivity index (χ1n) is 10.2. The van der Waals surface area contributed by atoms with E-state index >= 15 is 0 Å². The van der Waals surface area contributed by atoms with E-state index in [1.807, 2.05) is 12.1 Å². The third-order valence-electron chi connectivity index (χ3n) is 5.96. The lowest BCUT2D eigenvalue weighted by molar-refractivity contribution is -0.126. The first-order chi connectivity index (χ1) is 14.4. The molecule has 1 heterocycles. The van der Waals surface area contributed by atoms with Crippen molar-refractivity contribution in [3.8, 4) is 0 Å². The molecule has 160 valence electrons. The highest BCUT2D eigenvalue weighted by molar-refractivity contribution is 7.89.